The van der Waals surface area contributed by atoms with Crippen LogP contribution in [0.3, 0.4) is 0 Å². The number of piperazine rings is 1. The lowest BCUT2D eigenvalue weighted by Gasteiger charge is -2.35. The summed E-state index contributed by atoms with van der Waals surface area (Å²) in [5, 5.41) is 9.32. The Morgan fingerprint density at radius 1 is 1.13 bits per heavy atom. The van der Waals surface area contributed by atoms with Crippen molar-refractivity contribution in [1.82, 2.24) is 14.7 Å². The number of hydrogen-bond donors (Lipinski definition) is 1. The quantitative estimate of drug-likeness (QED) is 0.644. The lowest BCUT2D eigenvalue weighted by molar-refractivity contribution is -0.537. The predicted molar refractivity (Wildman–Crippen MR) is 114 cm³/mol. The number of aliphatic hydroxyl groups is 1. The Morgan fingerprint density at radius 2 is 1.84 bits per heavy atom. The molecule has 2 fully saturated rings. The van der Waals surface area contributed by atoms with Gasteiger partial charge in [-0.25, -0.2) is 13.8 Å². The smallest absolute Gasteiger partial charge is 0.333 e. The first-order valence-electron chi connectivity index (χ1n) is 10.5. The molecule has 1 aromatic rings. The largest absolute Gasteiger partial charge is 0.396 e. The van der Waals surface area contributed by atoms with Crippen LogP contribution in [0.25, 0.3) is 0 Å². The molecule has 166 valence electrons. The molecule has 9 nitrogen and oxygen atoms in total. The van der Waals surface area contributed by atoms with Crippen molar-refractivity contribution in [3.8, 4) is 0 Å². The van der Waals surface area contributed by atoms with Gasteiger partial charge in [0.2, 0.25) is 0 Å². The van der Waals surface area contributed by atoms with Gasteiger partial charge in [0.25, 0.3) is 17.8 Å². The van der Waals surface area contributed by atoms with Crippen molar-refractivity contribution in [2.24, 2.45) is 4.99 Å². The molecule has 3 aliphatic heterocycles. The maximum Gasteiger partial charge on any atom is 0.333 e. The Balaban J connectivity index is 1.51. The second-order valence-electron chi connectivity index (χ2n) is 8.01. The number of nitrogens with zero attached hydrogens (tertiary/aromatic N) is 6. The monoisotopic (exact) mass is 431 g/mol. The summed E-state index contributed by atoms with van der Waals surface area (Å²) in [7, 11) is 3.10. The van der Waals surface area contributed by atoms with Gasteiger partial charge in [-0.1, -0.05) is 12.1 Å². The van der Waals surface area contributed by atoms with Gasteiger partial charge in [-0.15, -0.1) is 0 Å². The fourth-order valence-electron chi connectivity index (χ4n) is 4.33. The van der Waals surface area contributed by atoms with Crippen molar-refractivity contribution in [3.63, 3.8) is 0 Å². The van der Waals surface area contributed by atoms with Gasteiger partial charge in [-0.2, -0.15) is 0 Å². The van der Waals surface area contributed by atoms with E-state index >= 15 is 0 Å². The zero-order valence-corrected chi connectivity index (χ0v) is 17.9. The fourth-order valence-corrected chi connectivity index (χ4v) is 4.33. The van der Waals surface area contributed by atoms with Gasteiger partial charge < -0.3 is 10.0 Å². The zero-order valence-electron chi connectivity index (χ0n) is 17.9. The summed E-state index contributed by atoms with van der Waals surface area (Å²) in [6.45, 7) is 3.82. The van der Waals surface area contributed by atoms with Crippen LogP contribution in [-0.4, -0.2) is 114 Å². The number of anilines is 1. The Hall–Kier alpha value is -2.85. The van der Waals surface area contributed by atoms with E-state index < -0.39 is 12.1 Å². The molecule has 3 heterocycles. The van der Waals surface area contributed by atoms with Gasteiger partial charge in [0.05, 0.1) is 12.2 Å². The molecule has 3 aliphatic rings. The van der Waals surface area contributed by atoms with Crippen molar-refractivity contribution < 1.29 is 23.7 Å². The summed E-state index contributed by atoms with van der Waals surface area (Å²) >= 11 is 0. The third kappa shape index (κ3) is 3.92. The van der Waals surface area contributed by atoms with Gasteiger partial charge in [0.15, 0.2) is 0 Å². The molecule has 0 aromatic heterocycles. The third-order valence-corrected chi connectivity index (χ3v) is 6.10. The standard InChI is InChI=1S/C21H28FN6O3/c1-24-19-18(20(30)25(2)21(24)31)28(8-5-13-29)17(23-19)14-26-9-11-27(12-10-26)16-7-4-3-6-15(16)22/h3-4,6-7,18,29H,5,8-14H2,1-2H3/q+1. The normalized spacial score (nSPS) is 22.4. The summed E-state index contributed by atoms with van der Waals surface area (Å²) in [4.78, 5) is 36.6. The number of halogens is 1. The summed E-state index contributed by atoms with van der Waals surface area (Å²) in [5.74, 6) is 0.628. The van der Waals surface area contributed by atoms with Crippen molar-refractivity contribution in [1.29, 1.82) is 0 Å². The molecule has 1 aromatic carbocycles. The number of amidine groups is 2. The first-order valence-corrected chi connectivity index (χ1v) is 10.5. The number of imide groups is 1. The molecule has 31 heavy (non-hydrogen) atoms. The highest BCUT2D eigenvalue weighted by Gasteiger charge is 2.52. The Labute approximate surface area is 180 Å². The second-order valence-corrected chi connectivity index (χ2v) is 8.01. The van der Waals surface area contributed by atoms with E-state index in [1.54, 1.807) is 19.2 Å². The molecule has 1 unspecified atom stereocenters. The lowest BCUT2D eigenvalue weighted by Crippen LogP contribution is -2.61. The number of urea groups is 1. The summed E-state index contributed by atoms with van der Waals surface area (Å²) < 4.78 is 16.0. The van der Waals surface area contributed by atoms with Gasteiger partial charge in [0, 0.05) is 53.3 Å². The molecule has 2 saturated heterocycles. The first kappa shape index (κ1) is 21.4. The minimum atomic E-state index is -0.644. The number of rotatable bonds is 6. The van der Waals surface area contributed by atoms with E-state index in [1.165, 1.54) is 18.0 Å². The number of hydrogen-bond acceptors (Lipinski definition) is 6. The third-order valence-electron chi connectivity index (χ3n) is 6.10. The average molecular weight is 431 g/mol. The molecule has 1 N–H and O–H groups in total. The van der Waals surface area contributed by atoms with Crippen LogP contribution in [0.4, 0.5) is 14.9 Å². The number of benzene rings is 1. The maximum atomic E-state index is 14.1. The van der Waals surface area contributed by atoms with E-state index in [0.717, 1.165) is 23.8 Å². The molecule has 1 atom stereocenters. The highest BCUT2D eigenvalue weighted by atomic mass is 19.1. The van der Waals surface area contributed by atoms with Crippen molar-refractivity contribution in [2.45, 2.75) is 12.5 Å². The zero-order chi connectivity index (χ0) is 22.1. The van der Waals surface area contributed by atoms with Crippen molar-refractivity contribution in [3.05, 3.63) is 30.1 Å². The number of fused-ring (bicyclic) bond motifs is 1. The molecule has 3 amide bonds. The number of aliphatic imine (C=N–C) groups is 1. The van der Waals surface area contributed by atoms with Crippen LogP contribution in [0.2, 0.25) is 0 Å². The van der Waals surface area contributed by atoms with Crippen LogP contribution in [0, 0.1) is 5.82 Å². The predicted octanol–water partition coefficient (Wildman–Crippen LogP) is 0.0456. The topological polar surface area (TPSA) is 82.7 Å². The highest BCUT2D eigenvalue weighted by molar-refractivity contribution is 6.23. The SMILES string of the molecule is CN1C(=O)C2C(=NC(CN3CCN(c4ccccc4F)CC3)=[N+]2CCCO)N(C)C1=O. The van der Waals surface area contributed by atoms with Crippen LogP contribution in [0.5, 0.6) is 0 Å². The molecule has 0 bridgehead atoms. The van der Waals surface area contributed by atoms with Crippen LogP contribution in [0.1, 0.15) is 6.42 Å². The molecule has 4 rings (SSSR count). The Kier molecular flexibility index (Phi) is 6.01. The number of aliphatic hydroxyl groups excluding tert-OH is 1. The van der Waals surface area contributed by atoms with Gasteiger partial charge in [-0.05, 0) is 17.1 Å². The van der Waals surface area contributed by atoms with Gasteiger partial charge >= 0.3 is 11.9 Å². The summed E-state index contributed by atoms with van der Waals surface area (Å²) in [5.41, 5.74) is 0.611. The van der Waals surface area contributed by atoms with Crippen LogP contribution >= 0.6 is 0 Å². The Morgan fingerprint density at radius 3 is 2.52 bits per heavy atom. The van der Waals surface area contributed by atoms with E-state index in [0.29, 0.717) is 44.1 Å². The van der Waals surface area contributed by atoms with Gasteiger partial charge in [-0.3, -0.25) is 19.5 Å². The van der Waals surface area contributed by atoms with Gasteiger partial charge in [0.1, 0.15) is 12.4 Å². The summed E-state index contributed by atoms with van der Waals surface area (Å²) in [6.07, 6.45) is 0.499. The highest BCUT2D eigenvalue weighted by Crippen LogP contribution is 2.22. The maximum absolute atomic E-state index is 14.1. The lowest BCUT2D eigenvalue weighted by atomic mass is 10.1. The van der Waals surface area contributed by atoms with Crippen LogP contribution < -0.4 is 4.90 Å². The minimum Gasteiger partial charge on any atom is -0.396 e. The molecule has 0 spiro atoms. The minimum absolute atomic E-state index is 0.00590. The Bertz CT molecular complexity index is 941. The molecule has 0 radical (unpaired) electrons. The van der Waals surface area contributed by atoms with Crippen molar-refractivity contribution in [2.75, 3.05) is 64.9 Å². The molecular weight excluding hydrogens is 403 g/mol. The van der Waals surface area contributed by atoms with Crippen LogP contribution in [0.15, 0.2) is 29.3 Å². The number of carbonyl (C=O) groups excluding carboxylic acids is 2. The number of likely N-dealkylation sites (N-methyl/N-ethyl adjacent to an activating group) is 2. The number of para-hydroxylation sites is 1. The van der Waals surface area contributed by atoms with E-state index in [-0.39, 0.29) is 18.3 Å². The molecule has 10 heteroatoms. The fraction of sp³-hybridized carbons (Fsp3) is 0.524. The number of amides is 3. The first-order chi connectivity index (χ1) is 14.9. The molecule has 0 aliphatic carbocycles. The van der Waals surface area contributed by atoms with E-state index in [9.17, 15) is 19.1 Å². The van der Waals surface area contributed by atoms with Crippen LogP contribution in [-0.2, 0) is 4.79 Å². The molecule has 0 saturated carbocycles. The van der Waals surface area contributed by atoms with E-state index in [4.69, 9.17) is 0 Å². The summed E-state index contributed by atoms with van der Waals surface area (Å²) in [6, 6.07) is 5.74. The van der Waals surface area contributed by atoms with E-state index in [2.05, 4.69) is 9.89 Å². The van der Waals surface area contributed by atoms with E-state index in [1.807, 2.05) is 15.5 Å². The molecular formula is C21H28FN6O3+. The number of carbonyl (C=O) groups is 2. The average Bonchev–Trinajstić information content (AvgIpc) is 3.14. The second kappa shape index (κ2) is 8.72. The van der Waals surface area contributed by atoms with Crippen molar-refractivity contribution >= 4 is 29.3 Å².